The number of benzene rings is 2. The maximum absolute atomic E-state index is 12.8. The van der Waals surface area contributed by atoms with Gasteiger partial charge >= 0.3 is 5.97 Å². The molecular formula is C21H18N8O4S. The summed E-state index contributed by atoms with van der Waals surface area (Å²) in [6, 6.07) is 16.2. The Balaban J connectivity index is 1.52. The molecular weight excluding hydrogens is 460 g/mol. The van der Waals surface area contributed by atoms with Crippen molar-refractivity contribution in [1.29, 1.82) is 0 Å². The molecule has 0 aliphatic heterocycles. The topological polar surface area (TPSA) is 163 Å². The van der Waals surface area contributed by atoms with Crippen molar-refractivity contribution < 1.29 is 19.0 Å². The van der Waals surface area contributed by atoms with Crippen molar-refractivity contribution in [2.75, 3.05) is 12.8 Å². The summed E-state index contributed by atoms with van der Waals surface area (Å²) < 4.78 is 10.6. The van der Waals surface area contributed by atoms with E-state index in [4.69, 9.17) is 5.73 Å². The molecule has 2 aromatic heterocycles. The highest BCUT2D eigenvalue weighted by atomic mass is 32.2. The second-order valence-corrected chi connectivity index (χ2v) is 7.73. The Morgan fingerprint density at radius 1 is 1.18 bits per heavy atom. The average molecular weight is 478 g/mol. The van der Waals surface area contributed by atoms with Crippen LogP contribution in [0.4, 0.5) is 5.82 Å². The highest BCUT2D eigenvalue weighted by Crippen LogP contribution is 2.25. The minimum absolute atomic E-state index is 0.0104. The Bertz CT molecular complexity index is 1320. The van der Waals surface area contributed by atoms with E-state index < -0.39 is 11.9 Å². The van der Waals surface area contributed by atoms with Crippen LogP contribution in [0, 0.1) is 0 Å². The van der Waals surface area contributed by atoms with E-state index in [0.29, 0.717) is 22.6 Å². The second-order valence-electron chi connectivity index (χ2n) is 6.68. The van der Waals surface area contributed by atoms with Crippen molar-refractivity contribution in [1.82, 2.24) is 30.7 Å². The van der Waals surface area contributed by atoms with Gasteiger partial charge in [-0.05, 0) is 40.1 Å². The average Bonchev–Trinajstić information content (AvgIpc) is 3.48. The third kappa shape index (κ3) is 5.10. The first-order valence-corrected chi connectivity index (χ1v) is 10.8. The Morgan fingerprint density at radius 2 is 1.94 bits per heavy atom. The maximum Gasteiger partial charge on any atom is 0.337 e. The van der Waals surface area contributed by atoms with Crippen molar-refractivity contribution >= 4 is 35.7 Å². The number of ether oxygens (including phenoxy) is 1. The molecule has 0 aliphatic carbocycles. The third-order valence-electron chi connectivity index (χ3n) is 4.50. The highest BCUT2D eigenvalue weighted by molar-refractivity contribution is 7.98. The molecule has 12 nitrogen and oxygen atoms in total. The van der Waals surface area contributed by atoms with E-state index in [-0.39, 0.29) is 17.3 Å². The SMILES string of the molecule is COC(=O)c1ccc(/C=N\NC(=O)c2nnn(-c3nonc3N)c2CSc2ccccc2)cc1. The molecule has 3 N–H and O–H groups in total. The van der Waals surface area contributed by atoms with Crippen LogP contribution in [0.2, 0.25) is 0 Å². The zero-order valence-electron chi connectivity index (χ0n) is 17.8. The monoisotopic (exact) mass is 478 g/mol. The molecule has 2 heterocycles. The summed E-state index contributed by atoms with van der Waals surface area (Å²) >= 11 is 1.48. The van der Waals surface area contributed by atoms with Crippen molar-refractivity contribution in [3.63, 3.8) is 0 Å². The molecule has 0 saturated heterocycles. The zero-order valence-corrected chi connectivity index (χ0v) is 18.6. The Hall–Kier alpha value is -4.52. The number of hydrazone groups is 1. The van der Waals surface area contributed by atoms with Crippen LogP contribution in [-0.2, 0) is 10.5 Å². The van der Waals surface area contributed by atoms with E-state index in [1.807, 2.05) is 30.3 Å². The largest absolute Gasteiger partial charge is 0.465 e. The van der Waals surface area contributed by atoms with Crippen LogP contribution in [0.3, 0.4) is 0 Å². The summed E-state index contributed by atoms with van der Waals surface area (Å²) in [5.74, 6) is -0.540. The van der Waals surface area contributed by atoms with Gasteiger partial charge in [-0.25, -0.2) is 14.8 Å². The van der Waals surface area contributed by atoms with Crippen molar-refractivity contribution in [2.24, 2.45) is 5.10 Å². The number of amides is 1. The number of anilines is 1. The molecule has 4 rings (SSSR count). The van der Waals surface area contributed by atoms with Gasteiger partial charge < -0.3 is 10.5 Å². The van der Waals surface area contributed by atoms with Gasteiger partial charge in [0.25, 0.3) is 5.91 Å². The van der Waals surface area contributed by atoms with Crippen molar-refractivity contribution in [3.8, 4) is 5.82 Å². The van der Waals surface area contributed by atoms with Gasteiger partial charge in [0, 0.05) is 10.6 Å². The van der Waals surface area contributed by atoms with Crippen LogP contribution >= 0.6 is 11.8 Å². The van der Waals surface area contributed by atoms with Gasteiger partial charge in [0.05, 0.1) is 24.6 Å². The number of carbonyl (C=O) groups excluding carboxylic acids is 2. The molecule has 0 unspecified atom stereocenters. The number of thioether (sulfide) groups is 1. The Morgan fingerprint density at radius 3 is 2.62 bits per heavy atom. The number of carbonyl (C=O) groups is 2. The minimum atomic E-state index is -0.577. The lowest BCUT2D eigenvalue weighted by molar-refractivity contribution is 0.0600. The van der Waals surface area contributed by atoms with E-state index >= 15 is 0 Å². The standard InChI is InChI=1S/C21H18N8O4S/c1-32-21(31)14-9-7-13(8-10-14)11-23-25-20(30)17-16(12-34-15-5-3-2-4-6-15)29(28-24-17)19-18(22)26-33-27-19/h2-11H,12H2,1H3,(H2,22,26)(H,25,30)/b23-11-. The first-order valence-electron chi connectivity index (χ1n) is 9.79. The molecule has 13 heteroatoms. The molecule has 0 saturated carbocycles. The number of aromatic nitrogens is 5. The van der Waals surface area contributed by atoms with Gasteiger partial charge in [-0.1, -0.05) is 35.5 Å². The zero-order chi connectivity index (χ0) is 23.9. The molecule has 0 bridgehead atoms. The highest BCUT2D eigenvalue weighted by Gasteiger charge is 2.24. The number of esters is 1. The number of rotatable bonds is 8. The Kier molecular flexibility index (Phi) is 6.93. The van der Waals surface area contributed by atoms with Crippen molar-refractivity contribution in [2.45, 2.75) is 10.6 Å². The van der Waals surface area contributed by atoms with Gasteiger partial charge in [-0.15, -0.1) is 16.9 Å². The van der Waals surface area contributed by atoms with Gasteiger partial charge in [-0.3, -0.25) is 4.79 Å². The predicted molar refractivity (Wildman–Crippen MR) is 122 cm³/mol. The predicted octanol–water partition coefficient (Wildman–Crippen LogP) is 2.08. The normalized spacial score (nSPS) is 11.0. The number of hydrogen-bond acceptors (Lipinski definition) is 11. The second kappa shape index (κ2) is 10.4. The molecule has 2 aromatic carbocycles. The summed E-state index contributed by atoms with van der Waals surface area (Å²) in [5.41, 5.74) is 9.78. The summed E-state index contributed by atoms with van der Waals surface area (Å²) in [6.07, 6.45) is 1.43. The van der Waals surface area contributed by atoms with Gasteiger partial charge in [0.15, 0.2) is 5.69 Å². The minimum Gasteiger partial charge on any atom is -0.465 e. The summed E-state index contributed by atoms with van der Waals surface area (Å²) in [5, 5.41) is 19.3. The number of nitrogens with zero attached hydrogens (tertiary/aromatic N) is 6. The fraction of sp³-hybridized carbons (Fsp3) is 0.0952. The molecule has 0 atom stereocenters. The number of nitrogen functional groups attached to an aromatic ring is 1. The third-order valence-corrected chi connectivity index (χ3v) is 5.53. The summed E-state index contributed by atoms with van der Waals surface area (Å²) in [4.78, 5) is 25.3. The lowest BCUT2D eigenvalue weighted by atomic mass is 10.1. The molecule has 0 radical (unpaired) electrons. The Labute approximate surface area is 197 Å². The molecule has 0 aliphatic rings. The molecule has 4 aromatic rings. The number of nitrogens with one attached hydrogen (secondary N) is 1. The lowest BCUT2D eigenvalue weighted by Crippen LogP contribution is -2.20. The van der Waals surface area contributed by atoms with Crippen LogP contribution in [0.1, 0.15) is 32.1 Å². The molecule has 1 amide bonds. The quantitative estimate of drug-likeness (QED) is 0.166. The van der Waals surface area contributed by atoms with Gasteiger partial charge in [0.1, 0.15) is 0 Å². The summed E-state index contributed by atoms with van der Waals surface area (Å²) in [6.45, 7) is 0. The smallest absolute Gasteiger partial charge is 0.337 e. The molecule has 34 heavy (non-hydrogen) atoms. The van der Waals surface area contributed by atoms with E-state index in [1.165, 1.54) is 29.8 Å². The van der Waals surface area contributed by atoms with Crippen molar-refractivity contribution in [3.05, 3.63) is 77.1 Å². The van der Waals surface area contributed by atoms with Crippen LogP contribution in [-0.4, -0.2) is 50.5 Å². The number of hydrogen-bond donors (Lipinski definition) is 2. The maximum atomic E-state index is 12.8. The fourth-order valence-electron chi connectivity index (χ4n) is 2.83. The van der Waals surface area contributed by atoms with Crippen LogP contribution in [0.5, 0.6) is 0 Å². The van der Waals surface area contributed by atoms with Crippen LogP contribution in [0.25, 0.3) is 5.82 Å². The van der Waals surface area contributed by atoms with Crippen LogP contribution in [0.15, 0.2) is 69.2 Å². The fourth-order valence-corrected chi connectivity index (χ4v) is 3.74. The molecule has 172 valence electrons. The summed E-state index contributed by atoms with van der Waals surface area (Å²) in [7, 11) is 1.31. The van der Waals surface area contributed by atoms with E-state index in [9.17, 15) is 9.59 Å². The van der Waals surface area contributed by atoms with E-state index in [2.05, 4.69) is 40.5 Å². The van der Waals surface area contributed by atoms with E-state index in [0.717, 1.165) is 4.90 Å². The lowest BCUT2D eigenvalue weighted by Gasteiger charge is -2.05. The van der Waals surface area contributed by atoms with Crippen LogP contribution < -0.4 is 11.2 Å². The van der Waals surface area contributed by atoms with E-state index in [1.54, 1.807) is 24.3 Å². The number of nitrogens with two attached hydrogens (primary N) is 1. The first kappa shape index (κ1) is 22.7. The number of methoxy groups -OCH3 is 1. The molecule has 0 fully saturated rings. The molecule has 0 spiro atoms. The van der Waals surface area contributed by atoms with Gasteiger partial charge in [-0.2, -0.15) is 9.78 Å². The first-order chi connectivity index (χ1) is 16.6. The van der Waals surface area contributed by atoms with Gasteiger partial charge in [0.2, 0.25) is 11.6 Å².